The second kappa shape index (κ2) is 9.63. The number of carbonyl (C=O) groups is 2. The Hall–Kier alpha value is -3.34. The molecular weight excluding hydrogens is 314 g/mol. The van der Waals surface area contributed by atoms with E-state index in [1.54, 1.807) is 24.3 Å². The molecular formula is C16H17N3O5. The molecule has 1 aromatic rings. The quantitative estimate of drug-likeness (QED) is 0.399. The van der Waals surface area contributed by atoms with E-state index in [-0.39, 0.29) is 6.42 Å². The molecule has 0 radical (unpaired) electrons. The van der Waals surface area contributed by atoms with Crippen LogP contribution in [0.25, 0.3) is 0 Å². The fraction of sp³-hybridized carbons (Fsp3) is 0.250. The van der Waals surface area contributed by atoms with Crippen molar-refractivity contribution in [3.8, 4) is 17.6 Å². The monoisotopic (exact) mass is 331 g/mol. The average Bonchev–Trinajstić information content (AvgIpc) is 2.53. The predicted molar refractivity (Wildman–Crippen MR) is 86.0 cm³/mol. The van der Waals surface area contributed by atoms with Crippen molar-refractivity contribution in [1.29, 1.82) is 5.26 Å². The molecule has 0 unspecified atom stereocenters. The fourth-order valence-electron chi connectivity index (χ4n) is 1.80. The number of carboxylic acid groups (broad SMARTS) is 1. The summed E-state index contributed by atoms with van der Waals surface area (Å²) in [6.07, 6.45) is 3.15. The Labute approximate surface area is 139 Å². The number of benzene rings is 1. The van der Waals surface area contributed by atoms with E-state index in [4.69, 9.17) is 19.8 Å². The van der Waals surface area contributed by atoms with Gasteiger partial charge in [-0.3, -0.25) is 4.79 Å². The number of ether oxygens (including phenoxy) is 2. The summed E-state index contributed by atoms with van der Waals surface area (Å²) in [4.78, 5) is 21.9. The van der Waals surface area contributed by atoms with Crippen molar-refractivity contribution in [1.82, 2.24) is 5.43 Å². The molecule has 0 heterocycles. The van der Waals surface area contributed by atoms with Gasteiger partial charge in [0.2, 0.25) is 0 Å². The van der Waals surface area contributed by atoms with Crippen molar-refractivity contribution in [2.24, 2.45) is 5.10 Å². The van der Waals surface area contributed by atoms with Crippen LogP contribution in [0.5, 0.6) is 11.5 Å². The van der Waals surface area contributed by atoms with Gasteiger partial charge in [-0.2, -0.15) is 10.4 Å². The molecule has 0 bridgehead atoms. The van der Waals surface area contributed by atoms with E-state index in [9.17, 15) is 9.59 Å². The van der Waals surface area contributed by atoms with Gasteiger partial charge in [0.05, 0.1) is 19.4 Å². The van der Waals surface area contributed by atoms with E-state index < -0.39 is 18.5 Å². The number of hydrazone groups is 1. The van der Waals surface area contributed by atoms with Crippen molar-refractivity contribution in [3.05, 3.63) is 35.9 Å². The lowest BCUT2D eigenvalue weighted by Gasteiger charge is -2.14. The van der Waals surface area contributed by atoms with Gasteiger partial charge in [-0.15, -0.1) is 6.58 Å². The number of nitrogens with one attached hydrogen (secondary N) is 1. The van der Waals surface area contributed by atoms with Gasteiger partial charge in [-0.1, -0.05) is 6.08 Å². The Morgan fingerprint density at radius 1 is 1.50 bits per heavy atom. The van der Waals surface area contributed by atoms with E-state index in [0.717, 1.165) is 0 Å². The van der Waals surface area contributed by atoms with Crippen LogP contribution in [0.1, 0.15) is 17.5 Å². The third-order valence-electron chi connectivity index (χ3n) is 2.72. The molecule has 0 aliphatic carbocycles. The highest BCUT2D eigenvalue weighted by molar-refractivity contribution is 5.84. The summed E-state index contributed by atoms with van der Waals surface area (Å²) in [5.74, 6) is -0.980. The number of allylic oxidation sites excluding steroid dienone is 1. The highest BCUT2D eigenvalue weighted by atomic mass is 16.5. The molecule has 0 aliphatic rings. The molecule has 126 valence electrons. The van der Waals surface area contributed by atoms with Crippen molar-refractivity contribution < 1.29 is 24.2 Å². The number of aliphatic carboxylic acids is 1. The van der Waals surface area contributed by atoms with Crippen LogP contribution in [0.3, 0.4) is 0 Å². The van der Waals surface area contributed by atoms with Crippen LogP contribution in [-0.2, 0) is 16.0 Å². The van der Waals surface area contributed by atoms with Crippen LogP contribution >= 0.6 is 0 Å². The van der Waals surface area contributed by atoms with Crippen LogP contribution in [0.4, 0.5) is 0 Å². The Balaban J connectivity index is 3.06. The van der Waals surface area contributed by atoms with E-state index in [2.05, 4.69) is 17.1 Å². The molecule has 8 heteroatoms. The van der Waals surface area contributed by atoms with Gasteiger partial charge in [-0.25, -0.2) is 10.2 Å². The first-order valence-corrected chi connectivity index (χ1v) is 6.87. The number of hydrogen-bond donors (Lipinski definition) is 2. The zero-order valence-electron chi connectivity index (χ0n) is 13.1. The van der Waals surface area contributed by atoms with E-state index in [1.807, 2.05) is 0 Å². The maximum absolute atomic E-state index is 11.2. The van der Waals surface area contributed by atoms with Crippen LogP contribution in [-0.4, -0.2) is 36.9 Å². The standard InChI is InChI=1S/C16H17N3O5/c1-3-4-12-7-11(9-18-19-14(20)5-6-17)8-13(23-2)16(12)24-10-15(21)22/h3,7-9H,1,4-5,10H2,2H3,(H,19,20)(H,21,22)/b18-9-. The number of hydrogen-bond acceptors (Lipinski definition) is 6. The first kappa shape index (κ1) is 18.7. The van der Waals surface area contributed by atoms with Crippen LogP contribution in [0.2, 0.25) is 0 Å². The lowest BCUT2D eigenvalue weighted by atomic mass is 10.1. The fourth-order valence-corrected chi connectivity index (χ4v) is 1.80. The summed E-state index contributed by atoms with van der Waals surface area (Å²) in [7, 11) is 1.43. The minimum atomic E-state index is -1.10. The Morgan fingerprint density at radius 3 is 2.83 bits per heavy atom. The van der Waals surface area contributed by atoms with Crippen LogP contribution < -0.4 is 14.9 Å². The lowest BCUT2D eigenvalue weighted by Crippen LogP contribution is -2.16. The molecule has 0 aromatic heterocycles. The van der Waals surface area contributed by atoms with Crippen molar-refractivity contribution in [2.75, 3.05) is 13.7 Å². The van der Waals surface area contributed by atoms with Gasteiger partial charge in [-0.05, 0) is 24.1 Å². The molecule has 1 rings (SSSR count). The van der Waals surface area contributed by atoms with E-state index >= 15 is 0 Å². The molecule has 1 aromatic carbocycles. The number of carbonyl (C=O) groups excluding carboxylic acids is 1. The molecule has 0 atom stereocenters. The number of amides is 1. The van der Waals surface area contributed by atoms with Gasteiger partial charge < -0.3 is 14.6 Å². The smallest absolute Gasteiger partial charge is 0.341 e. The third-order valence-corrected chi connectivity index (χ3v) is 2.72. The normalized spacial score (nSPS) is 10.0. The van der Waals surface area contributed by atoms with Gasteiger partial charge in [0, 0.05) is 5.56 Å². The first-order chi connectivity index (χ1) is 11.5. The number of carboxylic acids is 1. The Morgan fingerprint density at radius 2 is 2.25 bits per heavy atom. The molecule has 0 saturated carbocycles. The molecule has 24 heavy (non-hydrogen) atoms. The largest absolute Gasteiger partial charge is 0.493 e. The number of nitriles is 1. The SMILES string of the molecule is C=CCc1cc(/C=N\NC(=O)CC#N)cc(OC)c1OCC(=O)O. The van der Waals surface area contributed by atoms with Gasteiger partial charge in [0.1, 0.15) is 6.42 Å². The van der Waals surface area contributed by atoms with Crippen molar-refractivity contribution >= 4 is 18.1 Å². The van der Waals surface area contributed by atoms with Gasteiger partial charge >= 0.3 is 5.97 Å². The zero-order chi connectivity index (χ0) is 17.9. The summed E-state index contributed by atoms with van der Waals surface area (Å²) in [5, 5.41) is 20.9. The summed E-state index contributed by atoms with van der Waals surface area (Å²) >= 11 is 0. The summed E-state index contributed by atoms with van der Waals surface area (Å²) in [6.45, 7) is 3.15. The topological polar surface area (TPSA) is 121 Å². The van der Waals surface area contributed by atoms with Crippen molar-refractivity contribution in [2.45, 2.75) is 12.8 Å². The van der Waals surface area contributed by atoms with Gasteiger partial charge in [0.15, 0.2) is 18.1 Å². The third kappa shape index (κ3) is 5.81. The zero-order valence-corrected chi connectivity index (χ0v) is 13.1. The van der Waals surface area contributed by atoms with E-state index in [0.29, 0.717) is 29.0 Å². The maximum Gasteiger partial charge on any atom is 0.341 e. The second-order valence-corrected chi connectivity index (χ2v) is 4.51. The molecule has 0 spiro atoms. The van der Waals surface area contributed by atoms with E-state index in [1.165, 1.54) is 13.3 Å². The Bertz CT molecular complexity index is 692. The Kier molecular flexibility index (Phi) is 7.51. The second-order valence-electron chi connectivity index (χ2n) is 4.51. The molecule has 1 amide bonds. The molecule has 0 aliphatic heterocycles. The highest BCUT2D eigenvalue weighted by Crippen LogP contribution is 2.33. The minimum absolute atomic E-state index is 0.287. The molecule has 0 fully saturated rings. The predicted octanol–water partition coefficient (Wildman–Crippen LogP) is 1.25. The van der Waals surface area contributed by atoms with Crippen LogP contribution in [0.15, 0.2) is 29.9 Å². The number of methoxy groups -OCH3 is 1. The summed E-state index contributed by atoms with van der Waals surface area (Å²) in [6, 6.07) is 5.01. The average molecular weight is 331 g/mol. The summed E-state index contributed by atoms with van der Waals surface area (Å²) < 4.78 is 10.5. The number of nitrogens with zero attached hydrogens (tertiary/aromatic N) is 2. The van der Waals surface area contributed by atoms with Gasteiger partial charge in [0.25, 0.3) is 5.91 Å². The lowest BCUT2D eigenvalue weighted by molar-refractivity contribution is -0.139. The molecule has 8 nitrogen and oxygen atoms in total. The molecule has 2 N–H and O–H groups in total. The van der Waals surface area contributed by atoms with Crippen molar-refractivity contribution in [3.63, 3.8) is 0 Å². The first-order valence-electron chi connectivity index (χ1n) is 6.87. The minimum Gasteiger partial charge on any atom is -0.493 e. The van der Waals surface area contributed by atoms with Crippen LogP contribution in [0, 0.1) is 11.3 Å². The number of rotatable bonds is 9. The highest BCUT2D eigenvalue weighted by Gasteiger charge is 2.13. The summed E-state index contributed by atoms with van der Waals surface area (Å²) in [5.41, 5.74) is 3.48. The maximum atomic E-state index is 11.2. The molecule has 0 saturated heterocycles.